The molecule has 4 rings (SSSR count). The van der Waals surface area contributed by atoms with Crippen molar-refractivity contribution >= 4 is 5.97 Å². The van der Waals surface area contributed by atoms with Gasteiger partial charge >= 0.3 is 5.97 Å². The lowest BCUT2D eigenvalue weighted by Gasteiger charge is -2.45. The van der Waals surface area contributed by atoms with E-state index in [-0.39, 0.29) is 35.8 Å². The van der Waals surface area contributed by atoms with Crippen LogP contribution in [0, 0.1) is 17.8 Å². The average Bonchev–Trinajstić information content (AvgIpc) is 3.08. The molecule has 4 saturated heterocycles. The molecule has 0 radical (unpaired) electrons. The van der Waals surface area contributed by atoms with Gasteiger partial charge in [-0.1, -0.05) is 26.8 Å². The van der Waals surface area contributed by atoms with Gasteiger partial charge in [-0.25, -0.2) is 4.79 Å². The number of esters is 1. The fourth-order valence-corrected chi connectivity index (χ4v) is 5.25. The average molecular weight is 334 g/mol. The third-order valence-corrected chi connectivity index (χ3v) is 7.00. The van der Waals surface area contributed by atoms with Gasteiger partial charge in [0, 0.05) is 11.5 Å². The standard InChI is InChI=1S/C20H30O4/c1-11-6-5-7-12(2)17-18-14(13(3)19(21)23-18)10-16(22-17)20(4)9-8-15(11)24-20/h11-12,14-18H,3,5-10H2,1-2,4H3. The van der Waals surface area contributed by atoms with Crippen molar-refractivity contribution in [1.82, 2.24) is 0 Å². The van der Waals surface area contributed by atoms with E-state index in [9.17, 15) is 4.79 Å². The number of hydrogen-bond donors (Lipinski definition) is 0. The molecule has 8 atom stereocenters. The van der Waals surface area contributed by atoms with Gasteiger partial charge in [0.15, 0.2) is 0 Å². The quantitative estimate of drug-likeness (QED) is 0.501. The van der Waals surface area contributed by atoms with Gasteiger partial charge in [0.1, 0.15) is 6.10 Å². The summed E-state index contributed by atoms with van der Waals surface area (Å²) in [6.45, 7) is 10.8. The largest absolute Gasteiger partial charge is 0.456 e. The molecule has 4 heteroatoms. The highest BCUT2D eigenvalue weighted by Gasteiger charge is 2.55. The minimum Gasteiger partial charge on any atom is -0.456 e. The van der Waals surface area contributed by atoms with Crippen LogP contribution in [-0.2, 0) is 19.0 Å². The molecule has 0 aromatic carbocycles. The minimum absolute atomic E-state index is 0.0211. The molecule has 0 aliphatic carbocycles. The second-order valence-electron chi connectivity index (χ2n) is 8.72. The van der Waals surface area contributed by atoms with Gasteiger partial charge in [-0.05, 0) is 50.9 Å². The van der Waals surface area contributed by atoms with Gasteiger partial charge in [-0.15, -0.1) is 0 Å². The summed E-state index contributed by atoms with van der Waals surface area (Å²) in [5.41, 5.74) is 0.380. The zero-order valence-electron chi connectivity index (χ0n) is 15.1. The van der Waals surface area contributed by atoms with E-state index in [0.29, 0.717) is 23.5 Å². The molecular weight excluding hydrogens is 304 g/mol. The zero-order valence-corrected chi connectivity index (χ0v) is 15.1. The van der Waals surface area contributed by atoms with Gasteiger partial charge in [-0.2, -0.15) is 0 Å². The monoisotopic (exact) mass is 334 g/mol. The Bertz CT molecular complexity index is 544. The van der Waals surface area contributed by atoms with Crippen molar-refractivity contribution < 1.29 is 19.0 Å². The first-order chi connectivity index (χ1) is 11.4. The van der Waals surface area contributed by atoms with Gasteiger partial charge in [0.25, 0.3) is 0 Å². The van der Waals surface area contributed by atoms with Crippen molar-refractivity contribution in [1.29, 1.82) is 0 Å². The van der Waals surface area contributed by atoms with Gasteiger partial charge in [-0.3, -0.25) is 0 Å². The van der Waals surface area contributed by atoms with Crippen LogP contribution in [0.5, 0.6) is 0 Å². The predicted molar refractivity (Wildman–Crippen MR) is 90.5 cm³/mol. The summed E-state index contributed by atoms with van der Waals surface area (Å²) in [5, 5.41) is 0. The van der Waals surface area contributed by atoms with Gasteiger partial charge in [0.2, 0.25) is 0 Å². The van der Waals surface area contributed by atoms with Crippen LogP contribution in [0.3, 0.4) is 0 Å². The first-order valence-corrected chi connectivity index (χ1v) is 9.62. The summed E-state index contributed by atoms with van der Waals surface area (Å²) in [7, 11) is 0. The molecular formula is C20H30O4. The van der Waals surface area contributed by atoms with Crippen LogP contribution in [-0.4, -0.2) is 36.0 Å². The summed E-state index contributed by atoms with van der Waals surface area (Å²) in [6.07, 6.45) is 6.59. The van der Waals surface area contributed by atoms with E-state index in [1.807, 2.05) is 0 Å². The molecule has 0 amide bonds. The third kappa shape index (κ3) is 2.53. The highest BCUT2D eigenvalue weighted by molar-refractivity contribution is 5.91. The lowest BCUT2D eigenvalue weighted by molar-refractivity contribution is -0.216. The molecule has 0 spiro atoms. The molecule has 134 valence electrons. The minimum atomic E-state index is -0.252. The fraction of sp³-hybridized carbons (Fsp3) is 0.850. The van der Waals surface area contributed by atoms with Crippen LogP contribution in [0.1, 0.15) is 59.3 Å². The van der Waals surface area contributed by atoms with Crippen molar-refractivity contribution in [3.63, 3.8) is 0 Å². The third-order valence-electron chi connectivity index (χ3n) is 7.00. The Balaban J connectivity index is 1.67. The number of fused-ring (bicyclic) bond motifs is 7. The zero-order chi connectivity index (χ0) is 17.1. The molecule has 4 nitrogen and oxygen atoms in total. The van der Waals surface area contributed by atoms with Crippen LogP contribution >= 0.6 is 0 Å². The van der Waals surface area contributed by atoms with Crippen LogP contribution in [0.4, 0.5) is 0 Å². The molecule has 0 saturated carbocycles. The number of ether oxygens (including phenoxy) is 3. The van der Waals surface area contributed by atoms with E-state index in [2.05, 4.69) is 27.4 Å². The van der Waals surface area contributed by atoms with Crippen LogP contribution < -0.4 is 0 Å². The first-order valence-electron chi connectivity index (χ1n) is 9.62. The van der Waals surface area contributed by atoms with Crippen LogP contribution in [0.15, 0.2) is 12.2 Å². The normalized spacial score (nSPS) is 51.7. The predicted octanol–water partition coefficient (Wildman–Crippen LogP) is 3.64. The van der Waals surface area contributed by atoms with Gasteiger partial charge in [0.05, 0.1) is 23.9 Å². The summed E-state index contributed by atoms with van der Waals surface area (Å²) < 4.78 is 18.8. The number of hydrogen-bond acceptors (Lipinski definition) is 4. The van der Waals surface area contributed by atoms with Crippen molar-refractivity contribution in [3.8, 4) is 0 Å². The van der Waals surface area contributed by atoms with Crippen molar-refractivity contribution in [2.75, 3.05) is 0 Å². The highest BCUT2D eigenvalue weighted by Crippen LogP contribution is 2.48. The molecule has 4 heterocycles. The SMILES string of the molecule is C=C1C(=O)OC2C1CC1OC2C(C)CCCC(C)C2CCC1(C)O2. The van der Waals surface area contributed by atoms with E-state index in [1.165, 1.54) is 12.8 Å². The van der Waals surface area contributed by atoms with Crippen molar-refractivity contribution in [3.05, 3.63) is 12.2 Å². The lowest BCUT2D eigenvalue weighted by atomic mass is 9.76. The van der Waals surface area contributed by atoms with Crippen LogP contribution in [0.25, 0.3) is 0 Å². The van der Waals surface area contributed by atoms with Crippen LogP contribution in [0.2, 0.25) is 0 Å². The number of carbonyl (C=O) groups excluding carboxylic acids is 1. The summed E-state index contributed by atoms with van der Waals surface area (Å²) >= 11 is 0. The summed E-state index contributed by atoms with van der Waals surface area (Å²) in [4.78, 5) is 12.1. The Morgan fingerprint density at radius 2 is 1.88 bits per heavy atom. The van der Waals surface area contributed by atoms with E-state index in [1.54, 1.807) is 0 Å². The Kier molecular flexibility index (Phi) is 4.04. The Morgan fingerprint density at radius 3 is 2.67 bits per heavy atom. The second kappa shape index (κ2) is 5.84. The molecule has 4 aliphatic heterocycles. The topological polar surface area (TPSA) is 44.8 Å². The summed E-state index contributed by atoms with van der Waals surface area (Å²) in [6, 6.07) is 0. The fourth-order valence-electron chi connectivity index (χ4n) is 5.25. The highest BCUT2D eigenvalue weighted by atomic mass is 16.6. The molecule has 4 bridgehead atoms. The molecule has 0 aromatic heterocycles. The van der Waals surface area contributed by atoms with E-state index in [0.717, 1.165) is 25.7 Å². The lowest BCUT2D eigenvalue weighted by Crippen LogP contribution is -2.54. The summed E-state index contributed by atoms with van der Waals surface area (Å²) in [5.74, 6) is 0.833. The smallest absolute Gasteiger partial charge is 0.334 e. The molecule has 24 heavy (non-hydrogen) atoms. The molecule has 0 N–H and O–H groups in total. The Labute approximate surface area is 144 Å². The maximum Gasteiger partial charge on any atom is 0.334 e. The molecule has 4 aliphatic rings. The Morgan fingerprint density at radius 1 is 1.12 bits per heavy atom. The van der Waals surface area contributed by atoms with Crippen molar-refractivity contribution in [2.24, 2.45) is 17.8 Å². The van der Waals surface area contributed by atoms with Gasteiger partial charge < -0.3 is 14.2 Å². The Hall–Kier alpha value is -0.870. The second-order valence-corrected chi connectivity index (χ2v) is 8.72. The first kappa shape index (κ1) is 16.6. The van der Waals surface area contributed by atoms with E-state index in [4.69, 9.17) is 14.2 Å². The number of carbonyl (C=O) groups is 1. The maximum absolute atomic E-state index is 12.1. The van der Waals surface area contributed by atoms with E-state index >= 15 is 0 Å². The maximum atomic E-state index is 12.1. The van der Waals surface area contributed by atoms with Crippen molar-refractivity contribution in [2.45, 2.75) is 89.3 Å². The molecule has 0 aromatic rings. The molecule has 4 fully saturated rings. The molecule has 8 unspecified atom stereocenters. The van der Waals surface area contributed by atoms with E-state index < -0.39 is 0 Å². The number of rotatable bonds is 0.